The predicted octanol–water partition coefficient (Wildman–Crippen LogP) is 0.210. The van der Waals surface area contributed by atoms with E-state index in [0.717, 1.165) is 6.29 Å². The van der Waals surface area contributed by atoms with Crippen molar-refractivity contribution in [1.82, 2.24) is 21.3 Å². The van der Waals surface area contributed by atoms with Gasteiger partial charge in [0.1, 0.15) is 25.6 Å². The number of hydrogen-bond donors (Lipinski definition) is 4. The van der Waals surface area contributed by atoms with Gasteiger partial charge in [0.25, 0.3) is 0 Å². The van der Waals surface area contributed by atoms with Gasteiger partial charge in [-0.1, -0.05) is 0 Å². The number of rotatable bonds is 15. The summed E-state index contributed by atoms with van der Waals surface area (Å²) >= 11 is 0. The van der Waals surface area contributed by atoms with Gasteiger partial charge in [-0.3, -0.25) is 0 Å². The van der Waals surface area contributed by atoms with E-state index in [1.54, 1.807) is 13.8 Å². The number of hydrogen-bond acceptors (Lipinski definition) is 10. The molecule has 0 radical (unpaired) electrons. The fourth-order valence-corrected chi connectivity index (χ4v) is 1.74. The van der Waals surface area contributed by atoms with Crippen molar-refractivity contribution in [3.05, 3.63) is 0 Å². The van der Waals surface area contributed by atoms with E-state index in [1.807, 2.05) is 0 Å². The van der Waals surface area contributed by atoms with Gasteiger partial charge in [0, 0.05) is 13.0 Å². The minimum Gasteiger partial charge on any atom is -0.450 e. The van der Waals surface area contributed by atoms with Crippen LogP contribution in [0.2, 0.25) is 0 Å². The van der Waals surface area contributed by atoms with E-state index < -0.39 is 30.5 Å². The number of carbonyl (C=O) groups excluding carboxylic acids is 5. The zero-order chi connectivity index (χ0) is 23.3. The average Bonchev–Trinajstić information content (AvgIpc) is 2.73. The Bertz CT molecular complexity index is 521. The van der Waals surface area contributed by atoms with Crippen molar-refractivity contribution in [3.63, 3.8) is 0 Å². The molecule has 178 valence electrons. The Hall–Kier alpha value is -3.29. The zero-order valence-electron chi connectivity index (χ0n) is 17.6. The third-order valence-electron chi connectivity index (χ3n) is 3.10. The second-order valence-electron chi connectivity index (χ2n) is 5.50. The third-order valence-corrected chi connectivity index (χ3v) is 3.10. The van der Waals surface area contributed by atoms with Crippen LogP contribution in [0.25, 0.3) is 0 Å². The van der Waals surface area contributed by atoms with Crippen LogP contribution in [0.15, 0.2) is 0 Å². The lowest BCUT2D eigenvalue weighted by Crippen LogP contribution is -2.40. The molecule has 0 aliphatic rings. The molecule has 4 amide bonds. The molecule has 0 saturated heterocycles. The zero-order valence-corrected chi connectivity index (χ0v) is 17.6. The number of alkyl carbamates (subject to hydrolysis) is 4. The van der Waals surface area contributed by atoms with Crippen LogP contribution in [0, 0.1) is 0 Å². The second-order valence-corrected chi connectivity index (χ2v) is 5.50. The Morgan fingerprint density at radius 1 is 0.742 bits per heavy atom. The van der Waals surface area contributed by atoms with E-state index in [0.29, 0.717) is 6.42 Å². The van der Waals surface area contributed by atoms with Gasteiger partial charge in [-0.05, 0) is 20.3 Å². The maximum Gasteiger partial charge on any atom is 0.408 e. The first-order valence-electron chi connectivity index (χ1n) is 9.60. The minimum atomic E-state index is -0.846. The fourth-order valence-electron chi connectivity index (χ4n) is 1.74. The monoisotopic (exact) mass is 450 g/mol. The van der Waals surface area contributed by atoms with Crippen LogP contribution >= 0.6 is 0 Å². The maximum absolute atomic E-state index is 11.7. The minimum absolute atomic E-state index is 0.175. The SMILES string of the molecule is CCOC(=O)NCNC(=O)OCC(COC(=O)NCNC(=O)OCC)OCCCC=O. The van der Waals surface area contributed by atoms with Gasteiger partial charge in [0.2, 0.25) is 0 Å². The van der Waals surface area contributed by atoms with Crippen LogP contribution < -0.4 is 21.3 Å². The number of amides is 4. The van der Waals surface area contributed by atoms with Gasteiger partial charge in [0.05, 0.1) is 26.6 Å². The first-order valence-corrected chi connectivity index (χ1v) is 9.60. The van der Waals surface area contributed by atoms with Crippen LogP contribution in [-0.2, 0) is 28.5 Å². The number of carbonyl (C=O) groups is 5. The van der Waals surface area contributed by atoms with E-state index >= 15 is 0 Å². The van der Waals surface area contributed by atoms with Crippen molar-refractivity contribution in [2.24, 2.45) is 0 Å². The molecule has 0 aromatic carbocycles. The van der Waals surface area contributed by atoms with Gasteiger partial charge in [-0.2, -0.15) is 0 Å². The van der Waals surface area contributed by atoms with Crippen LogP contribution in [0.3, 0.4) is 0 Å². The summed E-state index contributed by atoms with van der Waals surface area (Å²) in [4.78, 5) is 55.9. The highest BCUT2D eigenvalue weighted by Gasteiger charge is 2.16. The molecule has 0 atom stereocenters. The molecule has 0 saturated carbocycles. The summed E-state index contributed by atoms with van der Waals surface area (Å²) in [6.45, 7) is 2.86. The molecule has 0 unspecified atom stereocenters. The molecule has 31 heavy (non-hydrogen) atoms. The van der Waals surface area contributed by atoms with Gasteiger partial charge >= 0.3 is 24.4 Å². The largest absolute Gasteiger partial charge is 0.450 e. The smallest absolute Gasteiger partial charge is 0.408 e. The Labute approximate surface area is 179 Å². The number of ether oxygens (including phenoxy) is 5. The molecule has 0 fully saturated rings. The molecular formula is C17H30N4O10. The normalized spacial score (nSPS) is 9.90. The summed E-state index contributed by atoms with van der Waals surface area (Å²) in [5.74, 6) is 0. The molecule has 14 heteroatoms. The van der Waals surface area contributed by atoms with Gasteiger partial charge in [-0.25, -0.2) is 19.2 Å². The topological polar surface area (TPSA) is 180 Å². The van der Waals surface area contributed by atoms with Crippen molar-refractivity contribution in [2.75, 3.05) is 46.4 Å². The Kier molecular flexibility index (Phi) is 16.7. The van der Waals surface area contributed by atoms with Crippen molar-refractivity contribution in [2.45, 2.75) is 32.8 Å². The highest BCUT2D eigenvalue weighted by molar-refractivity contribution is 5.70. The molecule has 4 N–H and O–H groups in total. The summed E-state index contributed by atoms with van der Waals surface area (Å²) in [5, 5.41) is 9.08. The van der Waals surface area contributed by atoms with Crippen molar-refractivity contribution >= 4 is 30.7 Å². The lowest BCUT2D eigenvalue weighted by atomic mass is 10.3. The second kappa shape index (κ2) is 18.7. The first-order chi connectivity index (χ1) is 14.9. The molecule has 0 aromatic rings. The molecular weight excluding hydrogens is 420 g/mol. The predicted molar refractivity (Wildman–Crippen MR) is 104 cm³/mol. The number of unbranched alkanes of at least 4 members (excludes halogenated alkanes) is 1. The Morgan fingerprint density at radius 3 is 1.55 bits per heavy atom. The van der Waals surface area contributed by atoms with E-state index in [4.69, 9.17) is 14.2 Å². The quantitative estimate of drug-likeness (QED) is 0.117. The summed E-state index contributed by atoms with van der Waals surface area (Å²) in [7, 11) is 0. The van der Waals surface area contributed by atoms with Crippen molar-refractivity contribution < 1.29 is 47.7 Å². The number of nitrogens with one attached hydrogen (secondary N) is 4. The summed E-state index contributed by atoms with van der Waals surface area (Å²) in [5.41, 5.74) is 0. The molecule has 0 spiro atoms. The Morgan fingerprint density at radius 2 is 1.16 bits per heavy atom. The highest BCUT2D eigenvalue weighted by atomic mass is 16.6. The van der Waals surface area contributed by atoms with Crippen molar-refractivity contribution in [1.29, 1.82) is 0 Å². The Balaban J connectivity index is 4.27. The lowest BCUT2D eigenvalue weighted by molar-refractivity contribution is -0.108. The van der Waals surface area contributed by atoms with E-state index in [2.05, 4.69) is 30.7 Å². The molecule has 0 bridgehead atoms. The van der Waals surface area contributed by atoms with Gasteiger partial charge in [0.15, 0.2) is 0 Å². The fraction of sp³-hybridized carbons (Fsp3) is 0.706. The average molecular weight is 450 g/mol. The lowest BCUT2D eigenvalue weighted by Gasteiger charge is -2.18. The van der Waals surface area contributed by atoms with E-state index in [9.17, 15) is 24.0 Å². The van der Waals surface area contributed by atoms with Crippen LogP contribution in [0.1, 0.15) is 26.7 Å². The van der Waals surface area contributed by atoms with Crippen LogP contribution in [-0.4, -0.2) is 83.1 Å². The maximum atomic E-state index is 11.7. The molecule has 0 heterocycles. The molecule has 14 nitrogen and oxygen atoms in total. The summed E-state index contributed by atoms with van der Waals surface area (Å²) in [6, 6.07) is 0. The molecule has 0 aliphatic carbocycles. The summed E-state index contributed by atoms with van der Waals surface area (Å²) < 4.78 is 24.6. The van der Waals surface area contributed by atoms with E-state index in [-0.39, 0.29) is 52.8 Å². The van der Waals surface area contributed by atoms with Crippen LogP contribution in [0.4, 0.5) is 19.2 Å². The summed E-state index contributed by atoms with van der Waals surface area (Å²) in [6.07, 6.45) is -2.44. The van der Waals surface area contributed by atoms with Crippen molar-refractivity contribution in [3.8, 4) is 0 Å². The first kappa shape index (κ1) is 27.7. The van der Waals surface area contributed by atoms with Gasteiger partial charge in [-0.15, -0.1) is 0 Å². The third kappa shape index (κ3) is 17.3. The highest BCUT2D eigenvalue weighted by Crippen LogP contribution is 1.99. The molecule has 0 rings (SSSR count). The standard InChI is InChI=1S/C17H30N4O10/c1-3-27-14(23)18-11-20-16(25)30-9-13(29-8-6-5-7-22)10-31-17(26)21-12-19-15(24)28-4-2/h7,13H,3-6,8-12H2,1-2H3,(H,18,23)(H,19,24)(H,20,25)(H,21,26). The number of aldehydes is 1. The van der Waals surface area contributed by atoms with E-state index in [1.165, 1.54) is 0 Å². The van der Waals surface area contributed by atoms with Crippen LogP contribution in [0.5, 0.6) is 0 Å². The van der Waals surface area contributed by atoms with Gasteiger partial charge < -0.3 is 49.7 Å². The molecule has 0 aliphatic heterocycles. The molecule has 0 aromatic heterocycles.